The minimum absolute atomic E-state index is 0.160. The Balaban J connectivity index is 2.18. The molecule has 1 heterocycles. The number of anilines is 1. The predicted octanol–water partition coefficient (Wildman–Crippen LogP) is 3.81. The lowest BCUT2D eigenvalue weighted by atomic mass is 10.2. The van der Waals surface area contributed by atoms with Crippen LogP contribution >= 0.6 is 23.2 Å². The zero-order chi connectivity index (χ0) is 14.0. The van der Waals surface area contributed by atoms with Crippen LogP contribution in [0.3, 0.4) is 0 Å². The van der Waals surface area contributed by atoms with Crippen LogP contribution in [0.1, 0.15) is 11.7 Å². The number of hydrogen-bond donors (Lipinski definition) is 1. The molecule has 0 amide bonds. The van der Waals surface area contributed by atoms with Gasteiger partial charge in [0.25, 0.3) is 5.69 Å². The summed E-state index contributed by atoms with van der Waals surface area (Å²) in [5.74, 6) is 1.17. The summed E-state index contributed by atoms with van der Waals surface area (Å²) in [6.07, 6.45) is 1.59. The molecule has 0 aliphatic rings. The molecule has 0 unspecified atom stereocenters. The summed E-state index contributed by atoms with van der Waals surface area (Å²) in [6, 6.07) is 2.47. The van der Waals surface area contributed by atoms with Gasteiger partial charge in [0.2, 0.25) is 5.89 Å². The fourth-order valence-electron chi connectivity index (χ4n) is 1.48. The van der Waals surface area contributed by atoms with Crippen LogP contribution in [0.25, 0.3) is 0 Å². The van der Waals surface area contributed by atoms with Crippen molar-refractivity contribution in [3.8, 4) is 0 Å². The van der Waals surface area contributed by atoms with Crippen LogP contribution in [0.4, 0.5) is 11.4 Å². The molecule has 0 radical (unpaired) electrons. The van der Waals surface area contributed by atoms with E-state index in [2.05, 4.69) is 10.3 Å². The summed E-state index contributed by atoms with van der Waals surface area (Å²) in [6.45, 7) is 2.06. The molecule has 0 bridgehead atoms. The zero-order valence-electron chi connectivity index (χ0n) is 9.81. The lowest BCUT2D eigenvalue weighted by molar-refractivity contribution is -0.384. The molecular weight excluding hydrogens is 293 g/mol. The highest BCUT2D eigenvalue weighted by Gasteiger charge is 2.14. The van der Waals surface area contributed by atoms with Gasteiger partial charge in [-0.15, -0.1) is 0 Å². The Bertz CT molecular complexity index is 604. The Kier molecular flexibility index (Phi) is 3.92. The Morgan fingerprint density at radius 1 is 1.42 bits per heavy atom. The van der Waals surface area contributed by atoms with Crippen LogP contribution < -0.4 is 5.32 Å². The molecule has 2 aromatic rings. The molecule has 0 aliphatic carbocycles. The number of aromatic nitrogens is 1. The minimum atomic E-state index is -0.557. The van der Waals surface area contributed by atoms with Gasteiger partial charge >= 0.3 is 0 Å². The Labute approximate surface area is 118 Å². The smallest absolute Gasteiger partial charge is 0.272 e. The van der Waals surface area contributed by atoms with E-state index in [1.807, 2.05) is 0 Å². The largest absolute Gasteiger partial charge is 0.444 e. The molecule has 1 N–H and O–H groups in total. The van der Waals surface area contributed by atoms with E-state index >= 15 is 0 Å². The van der Waals surface area contributed by atoms with Gasteiger partial charge in [0.05, 0.1) is 33.4 Å². The fraction of sp³-hybridized carbons (Fsp3) is 0.182. The molecule has 100 valence electrons. The quantitative estimate of drug-likeness (QED) is 0.686. The Morgan fingerprint density at radius 2 is 2.05 bits per heavy atom. The Morgan fingerprint density at radius 3 is 2.53 bits per heavy atom. The maximum atomic E-state index is 10.6. The zero-order valence-corrected chi connectivity index (χ0v) is 11.3. The van der Waals surface area contributed by atoms with Crippen molar-refractivity contribution in [3.05, 3.63) is 50.1 Å². The molecule has 6 nitrogen and oxygen atoms in total. The van der Waals surface area contributed by atoms with Crippen molar-refractivity contribution in [1.29, 1.82) is 0 Å². The second-order valence-corrected chi connectivity index (χ2v) is 4.57. The van der Waals surface area contributed by atoms with Gasteiger partial charge in [0, 0.05) is 12.1 Å². The highest BCUT2D eigenvalue weighted by molar-refractivity contribution is 6.39. The van der Waals surface area contributed by atoms with Gasteiger partial charge < -0.3 is 9.73 Å². The first-order valence-electron chi connectivity index (χ1n) is 5.26. The van der Waals surface area contributed by atoms with Crippen LogP contribution in [0.2, 0.25) is 10.0 Å². The monoisotopic (exact) mass is 301 g/mol. The first kappa shape index (κ1) is 13.6. The van der Waals surface area contributed by atoms with Gasteiger partial charge in [-0.05, 0) is 6.92 Å². The summed E-state index contributed by atoms with van der Waals surface area (Å²) < 4.78 is 5.28. The molecule has 0 saturated carbocycles. The van der Waals surface area contributed by atoms with E-state index in [-0.39, 0.29) is 22.3 Å². The lowest BCUT2D eigenvalue weighted by Gasteiger charge is -2.08. The van der Waals surface area contributed by atoms with Gasteiger partial charge in [-0.1, -0.05) is 23.2 Å². The van der Waals surface area contributed by atoms with E-state index in [1.165, 1.54) is 12.1 Å². The van der Waals surface area contributed by atoms with Crippen LogP contribution in [-0.4, -0.2) is 9.91 Å². The first-order chi connectivity index (χ1) is 8.97. The number of nitrogens with zero attached hydrogens (tertiary/aromatic N) is 2. The highest BCUT2D eigenvalue weighted by atomic mass is 35.5. The number of nitro benzene ring substituents is 1. The molecular formula is C11H9Cl2N3O3. The molecule has 0 aliphatic heterocycles. The molecule has 2 rings (SSSR count). The van der Waals surface area contributed by atoms with E-state index in [0.717, 1.165) is 0 Å². The summed E-state index contributed by atoms with van der Waals surface area (Å²) in [7, 11) is 0. The van der Waals surface area contributed by atoms with Gasteiger partial charge in [-0.3, -0.25) is 10.1 Å². The number of rotatable bonds is 4. The van der Waals surface area contributed by atoms with Crippen molar-refractivity contribution in [2.75, 3.05) is 5.32 Å². The number of benzene rings is 1. The van der Waals surface area contributed by atoms with Gasteiger partial charge in [-0.2, -0.15) is 0 Å². The molecule has 0 saturated heterocycles. The normalized spacial score (nSPS) is 10.5. The van der Waals surface area contributed by atoms with Crippen molar-refractivity contribution in [1.82, 2.24) is 4.98 Å². The third kappa shape index (κ3) is 3.15. The van der Waals surface area contributed by atoms with E-state index in [9.17, 15) is 10.1 Å². The second-order valence-electron chi connectivity index (χ2n) is 3.76. The number of oxazole rings is 1. The summed E-state index contributed by atoms with van der Waals surface area (Å²) in [4.78, 5) is 14.1. The minimum Gasteiger partial charge on any atom is -0.444 e. The van der Waals surface area contributed by atoms with Crippen LogP contribution in [0, 0.1) is 17.0 Å². The molecule has 19 heavy (non-hydrogen) atoms. The summed E-state index contributed by atoms with van der Waals surface area (Å²) in [5.41, 5.74) is 0.248. The van der Waals surface area contributed by atoms with E-state index in [0.29, 0.717) is 17.3 Å². The van der Waals surface area contributed by atoms with Gasteiger partial charge in [-0.25, -0.2) is 4.98 Å². The van der Waals surface area contributed by atoms with Crippen LogP contribution in [0.5, 0.6) is 0 Å². The number of hydrogen-bond acceptors (Lipinski definition) is 5. The summed E-state index contributed by atoms with van der Waals surface area (Å²) >= 11 is 11.9. The number of nitrogens with one attached hydrogen (secondary N) is 1. The van der Waals surface area contributed by atoms with Crippen molar-refractivity contribution < 1.29 is 9.34 Å². The number of halogens is 2. The molecule has 1 aromatic heterocycles. The average Bonchev–Trinajstić information content (AvgIpc) is 2.73. The topological polar surface area (TPSA) is 81.2 Å². The summed E-state index contributed by atoms with van der Waals surface area (Å²) in [5, 5.41) is 13.9. The lowest BCUT2D eigenvalue weighted by Crippen LogP contribution is -2.01. The fourth-order valence-corrected chi connectivity index (χ4v) is 2.09. The van der Waals surface area contributed by atoms with E-state index in [1.54, 1.807) is 13.1 Å². The second kappa shape index (κ2) is 5.46. The Hall–Kier alpha value is -1.79. The molecule has 0 spiro atoms. The number of non-ortho nitro benzene ring substituents is 1. The molecule has 1 aromatic carbocycles. The van der Waals surface area contributed by atoms with Crippen molar-refractivity contribution in [3.63, 3.8) is 0 Å². The van der Waals surface area contributed by atoms with Crippen LogP contribution in [0.15, 0.2) is 22.7 Å². The molecule has 0 atom stereocenters. The van der Waals surface area contributed by atoms with Crippen molar-refractivity contribution in [2.24, 2.45) is 0 Å². The standard InChI is InChI=1S/C11H9Cl2N3O3/c1-6-4-14-10(19-6)5-15-11-8(12)2-7(16(17)18)3-9(11)13/h2-4,15H,5H2,1H3. The maximum absolute atomic E-state index is 10.6. The van der Waals surface area contributed by atoms with Gasteiger partial charge in [0.1, 0.15) is 5.76 Å². The SMILES string of the molecule is Cc1cnc(CNc2c(Cl)cc([N+](=O)[O-])cc2Cl)o1. The maximum Gasteiger partial charge on any atom is 0.272 e. The average molecular weight is 302 g/mol. The van der Waals surface area contributed by atoms with E-state index in [4.69, 9.17) is 27.6 Å². The van der Waals surface area contributed by atoms with Crippen LogP contribution in [-0.2, 0) is 6.54 Å². The van der Waals surface area contributed by atoms with Crippen molar-refractivity contribution in [2.45, 2.75) is 13.5 Å². The third-order valence-corrected chi connectivity index (χ3v) is 2.92. The third-order valence-electron chi connectivity index (χ3n) is 2.32. The number of aryl methyl sites for hydroxylation is 1. The predicted molar refractivity (Wildman–Crippen MR) is 71.7 cm³/mol. The number of nitro groups is 1. The highest BCUT2D eigenvalue weighted by Crippen LogP contribution is 2.34. The van der Waals surface area contributed by atoms with Crippen molar-refractivity contribution >= 4 is 34.6 Å². The molecule has 8 heteroatoms. The van der Waals surface area contributed by atoms with E-state index < -0.39 is 4.92 Å². The first-order valence-corrected chi connectivity index (χ1v) is 6.01. The van der Waals surface area contributed by atoms with Gasteiger partial charge in [0.15, 0.2) is 0 Å². The molecule has 0 fully saturated rings.